The molecule has 0 bridgehead atoms. The van der Waals surface area contributed by atoms with E-state index < -0.39 is 28.5 Å². The van der Waals surface area contributed by atoms with Gasteiger partial charge in [0.1, 0.15) is 0 Å². The summed E-state index contributed by atoms with van der Waals surface area (Å²) in [4.78, 5) is 23.9. The number of carbonyl (C=O) groups is 2. The molecule has 0 fully saturated rings. The van der Waals surface area contributed by atoms with E-state index in [1.165, 1.54) is 36.4 Å². The van der Waals surface area contributed by atoms with Gasteiger partial charge in [-0.1, -0.05) is 31.2 Å². The summed E-state index contributed by atoms with van der Waals surface area (Å²) in [5, 5.41) is 2.69. The van der Waals surface area contributed by atoms with Gasteiger partial charge in [-0.25, -0.2) is 13.2 Å². The molecule has 2 rings (SSSR count). The molecule has 0 aliphatic heterocycles. The van der Waals surface area contributed by atoms with Gasteiger partial charge in [-0.15, -0.1) is 0 Å². The molecule has 0 aromatic heterocycles. The number of nitrogens with one attached hydrogen (secondary N) is 2. The third-order valence-corrected chi connectivity index (χ3v) is 5.16. The van der Waals surface area contributed by atoms with E-state index >= 15 is 0 Å². The molecule has 144 valence electrons. The fourth-order valence-electron chi connectivity index (χ4n) is 2.16. The first-order valence-electron chi connectivity index (χ1n) is 8.46. The summed E-state index contributed by atoms with van der Waals surface area (Å²) in [6.45, 7) is 3.38. The zero-order valence-corrected chi connectivity index (χ0v) is 16.0. The number of amides is 1. The second-order valence-corrected chi connectivity index (χ2v) is 7.63. The average Bonchev–Trinajstić information content (AvgIpc) is 2.66. The van der Waals surface area contributed by atoms with Gasteiger partial charge in [-0.3, -0.25) is 9.52 Å². The largest absolute Gasteiger partial charge is 0.452 e. The summed E-state index contributed by atoms with van der Waals surface area (Å²) in [7, 11) is -3.76. The number of benzene rings is 2. The molecule has 0 radical (unpaired) electrons. The molecule has 2 N–H and O–H groups in total. The number of ether oxygens (including phenoxy) is 1. The van der Waals surface area contributed by atoms with Gasteiger partial charge in [0.2, 0.25) is 0 Å². The Hall–Kier alpha value is -2.87. The lowest BCUT2D eigenvalue weighted by Crippen LogP contribution is -2.35. The number of hydrogen-bond acceptors (Lipinski definition) is 5. The Bertz CT molecular complexity index is 897. The van der Waals surface area contributed by atoms with Crippen LogP contribution in [-0.4, -0.2) is 32.9 Å². The van der Waals surface area contributed by atoms with Crippen molar-refractivity contribution < 1.29 is 22.7 Å². The van der Waals surface area contributed by atoms with Crippen molar-refractivity contribution in [2.45, 2.75) is 31.2 Å². The molecular formula is C19H22N2O5S. The molecule has 27 heavy (non-hydrogen) atoms. The van der Waals surface area contributed by atoms with Crippen molar-refractivity contribution in [3.05, 3.63) is 60.2 Å². The van der Waals surface area contributed by atoms with Gasteiger partial charge >= 0.3 is 5.97 Å². The zero-order valence-electron chi connectivity index (χ0n) is 15.1. The summed E-state index contributed by atoms with van der Waals surface area (Å²) < 4.78 is 32.1. The van der Waals surface area contributed by atoms with Crippen LogP contribution in [0.4, 0.5) is 5.69 Å². The average molecular weight is 390 g/mol. The Morgan fingerprint density at radius 3 is 2.44 bits per heavy atom. The minimum atomic E-state index is -3.76. The van der Waals surface area contributed by atoms with Gasteiger partial charge in [0.15, 0.2) is 6.61 Å². The van der Waals surface area contributed by atoms with Crippen LogP contribution in [0.2, 0.25) is 0 Å². The third kappa shape index (κ3) is 6.10. The van der Waals surface area contributed by atoms with Crippen molar-refractivity contribution in [2.75, 3.05) is 11.3 Å². The van der Waals surface area contributed by atoms with E-state index in [0.717, 1.165) is 6.42 Å². The van der Waals surface area contributed by atoms with Crippen molar-refractivity contribution >= 4 is 27.6 Å². The van der Waals surface area contributed by atoms with Gasteiger partial charge in [0.25, 0.3) is 15.9 Å². The molecule has 0 heterocycles. The summed E-state index contributed by atoms with van der Waals surface area (Å²) in [5.41, 5.74) is 0.358. The lowest BCUT2D eigenvalue weighted by Gasteiger charge is -2.12. The number of esters is 1. The Balaban J connectivity index is 2.02. The van der Waals surface area contributed by atoms with E-state index in [1.54, 1.807) is 18.2 Å². The van der Waals surface area contributed by atoms with Crippen LogP contribution < -0.4 is 10.0 Å². The van der Waals surface area contributed by atoms with Crippen LogP contribution >= 0.6 is 0 Å². The van der Waals surface area contributed by atoms with Crippen LogP contribution in [-0.2, 0) is 19.6 Å². The van der Waals surface area contributed by atoms with Crippen molar-refractivity contribution in [1.82, 2.24) is 5.32 Å². The summed E-state index contributed by atoms with van der Waals surface area (Å²) in [6.07, 6.45) is 0.767. The number of sulfonamides is 1. The Labute approximate surface area is 158 Å². The topological polar surface area (TPSA) is 102 Å². The van der Waals surface area contributed by atoms with Crippen LogP contribution in [0, 0.1) is 0 Å². The second-order valence-electron chi connectivity index (χ2n) is 5.95. The van der Waals surface area contributed by atoms with E-state index in [4.69, 9.17) is 4.74 Å². The Kier molecular flexibility index (Phi) is 6.95. The molecule has 0 saturated carbocycles. The molecule has 1 atom stereocenters. The van der Waals surface area contributed by atoms with Crippen LogP contribution in [0.3, 0.4) is 0 Å². The molecular weight excluding hydrogens is 368 g/mol. The van der Waals surface area contributed by atoms with Crippen molar-refractivity contribution in [2.24, 2.45) is 0 Å². The van der Waals surface area contributed by atoms with Crippen LogP contribution in [0.1, 0.15) is 30.6 Å². The molecule has 2 aromatic carbocycles. The highest BCUT2D eigenvalue weighted by Gasteiger charge is 2.16. The first kappa shape index (κ1) is 20.4. The van der Waals surface area contributed by atoms with E-state index in [-0.39, 0.29) is 22.2 Å². The molecule has 8 heteroatoms. The first-order valence-corrected chi connectivity index (χ1v) is 9.94. The van der Waals surface area contributed by atoms with Gasteiger partial charge in [0.05, 0.1) is 10.5 Å². The SMILES string of the molecule is CC[C@@H](C)NC(=O)COC(=O)c1cccc(NS(=O)(=O)c2ccccc2)c1. The maximum Gasteiger partial charge on any atom is 0.338 e. The predicted octanol–water partition coefficient (Wildman–Crippen LogP) is 2.56. The molecule has 0 spiro atoms. The first-order chi connectivity index (χ1) is 12.8. The van der Waals surface area contributed by atoms with Crippen molar-refractivity contribution in [3.63, 3.8) is 0 Å². The van der Waals surface area contributed by atoms with Crippen LogP contribution in [0.15, 0.2) is 59.5 Å². The molecule has 0 aliphatic carbocycles. The Morgan fingerprint density at radius 2 is 1.78 bits per heavy atom. The second kappa shape index (κ2) is 9.18. The van der Waals surface area contributed by atoms with Crippen LogP contribution in [0.25, 0.3) is 0 Å². The minimum Gasteiger partial charge on any atom is -0.452 e. The Morgan fingerprint density at radius 1 is 1.07 bits per heavy atom. The maximum atomic E-state index is 12.3. The van der Waals surface area contributed by atoms with Gasteiger partial charge < -0.3 is 10.1 Å². The van der Waals surface area contributed by atoms with Crippen molar-refractivity contribution in [1.29, 1.82) is 0 Å². The minimum absolute atomic E-state index is 0.00748. The monoisotopic (exact) mass is 390 g/mol. The zero-order chi connectivity index (χ0) is 19.9. The quantitative estimate of drug-likeness (QED) is 0.675. The van der Waals surface area contributed by atoms with E-state index in [1.807, 2.05) is 13.8 Å². The fraction of sp³-hybridized carbons (Fsp3) is 0.263. The molecule has 0 unspecified atom stereocenters. The highest BCUT2D eigenvalue weighted by atomic mass is 32.2. The van der Waals surface area contributed by atoms with E-state index in [0.29, 0.717) is 0 Å². The summed E-state index contributed by atoms with van der Waals surface area (Å²) in [6, 6.07) is 13.8. The van der Waals surface area contributed by atoms with Crippen LogP contribution in [0.5, 0.6) is 0 Å². The lowest BCUT2D eigenvalue weighted by atomic mass is 10.2. The molecule has 0 saturated heterocycles. The highest BCUT2D eigenvalue weighted by molar-refractivity contribution is 7.92. The van der Waals surface area contributed by atoms with Gasteiger partial charge in [-0.2, -0.15) is 0 Å². The highest BCUT2D eigenvalue weighted by Crippen LogP contribution is 2.17. The number of carbonyl (C=O) groups excluding carboxylic acids is 2. The number of anilines is 1. The maximum absolute atomic E-state index is 12.3. The van der Waals surface area contributed by atoms with Gasteiger partial charge in [0, 0.05) is 11.7 Å². The number of rotatable bonds is 8. The molecule has 7 nitrogen and oxygen atoms in total. The smallest absolute Gasteiger partial charge is 0.338 e. The van der Waals surface area contributed by atoms with Crippen molar-refractivity contribution in [3.8, 4) is 0 Å². The van der Waals surface area contributed by atoms with E-state index in [9.17, 15) is 18.0 Å². The summed E-state index contributed by atoms with van der Waals surface area (Å²) in [5.74, 6) is -1.10. The standard InChI is InChI=1S/C19H22N2O5S/c1-3-14(2)20-18(22)13-26-19(23)15-8-7-9-16(12-15)21-27(24,25)17-10-5-4-6-11-17/h4-12,14,21H,3,13H2,1-2H3,(H,20,22)/t14-/m1/s1. The fourth-order valence-corrected chi connectivity index (χ4v) is 3.23. The predicted molar refractivity (Wildman–Crippen MR) is 102 cm³/mol. The summed E-state index contributed by atoms with van der Waals surface area (Å²) >= 11 is 0. The third-order valence-electron chi connectivity index (χ3n) is 3.76. The van der Waals surface area contributed by atoms with Gasteiger partial charge in [-0.05, 0) is 43.7 Å². The molecule has 2 aromatic rings. The normalized spacial score (nSPS) is 12.1. The van der Waals surface area contributed by atoms with E-state index in [2.05, 4.69) is 10.0 Å². The molecule has 0 aliphatic rings. The molecule has 1 amide bonds. The lowest BCUT2D eigenvalue weighted by molar-refractivity contribution is -0.124. The number of hydrogen-bond donors (Lipinski definition) is 2.